The molecule has 0 unspecified atom stereocenters. The third-order valence-corrected chi connectivity index (χ3v) is 2.29. The lowest BCUT2D eigenvalue weighted by molar-refractivity contribution is 0.114. The fourth-order valence-electron chi connectivity index (χ4n) is 1.47. The number of nitrogens with two attached hydrogens (primary N) is 1. The first-order chi connectivity index (χ1) is 8.83. The average molecular weight is 251 g/mol. The molecule has 0 spiro atoms. The second kappa shape index (κ2) is 6.27. The lowest BCUT2D eigenvalue weighted by atomic mass is 10.5. The van der Waals surface area contributed by atoms with Crippen LogP contribution in [0.4, 0.5) is 0 Å². The van der Waals surface area contributed by atoms with Crippen LogP contribution in [0.25, 0.3) is 11.6 Å². The predicted molar refractivity (Wildman–Crippen MR) is 64.5 cm³/mol. The van der Waals surface area contributed by atoms with Crippen molar-refractivity contribution in [2.45, 2.75) is 26.5 Å². The van der Waals surface area contributed by atoms with E-state index < -0.39 is 0 Å². The molecule has 7 heteroatoms. The molecule has 2 rings (SSSR count). The van der Waals surface area contributed by atoms with Gasteiger partial charge >= 0.3 is 0 Å². The predicted octanol–water partition coefficient (Wildman–Crippen LogP) is 0.818. The third kappa shape index (κ3) is 3.14. The van der Waals surface area contributed by atoms with Crippen molar-refractivity contribution < 1.29 is 9.26 Å². The van der Waals surface area contributed by atoms with Crippen LogP contribution in [-0.2, 0) is 17.9 Å². The van der Waals surface area contributed by atoms with Crippen LogP contribution in [-0.4, -0.2) is 32.8 Å². The number of rotatable bonds is 7. The topological polar surface area (TPSA) is 92.0 Å². The van der Waals surface area contributed by atoms with E-state index >= 15 is 0 Å². The summed E-state index contributed by atoms with van der Waals surface area (Å²) in [6.07, 6.45) is 4.49. The van der Waals surface area contributed by atoms with Gasteiger partial charge in [-0.2, -0.15) is 4.98 Å². The standard InChI is InChI=1S/C11H17N5O2/c1-2-5-17-7-10-14-11(18-15-10)9-6-16(4-3-12)8-13-9/h6,8H,2-5,7,12H2,1H3. The molecule has 0 saturated carbocycles. The molecule has 0 aromatic carbocycles. The van der Waals surface area contributed by atoms with Crippen LogP contribution in [0.15, 0.2) is 17.0 Å². The molecule has 0 aliphatic carbocycles. The van der Waals surface area contributed by atoms with Crippen molar-refractivity contribution in [2.75, 3.05) is 13.2 Å². The van der Waals surface area contributed by atoms with Gasteiger partial charge in [0, 0.05) is 25.9 Å². The highest BCUT2D eigenvalue weighted by Gasteiger charge is 2.11. The highest BCUT2D eigenvalue weighted by molar-refractivity contribution is 5.44. The Balaban J connectivity index is 1.99. The van der Waals surface area contributed by atoms with Crippen molar-refractivity contribution >= 4 is 0 Å². The van der Waals surface area contributed by atoms with E-state index in [-0.39, 0.29) is 0 Å². The molecule has 0 radical (unpaired) electrons. The summed E-state index contributed by atoms with van der Waals surface area (Å²) >= 11 is 0. The van der Waals surface area contributed by atoms with Crippen LogP contribution in [0.2, 0.25) is 0 Å². The van der Waals surface area contributed by atoms with Crippen molar-refractivity contribution in [3.8, 4) is 11.6 Å². The zero-order valence-electron chi connectivity index (χ0n) is 10.4. The van der Waals surface area contributed by atoms with Gasteiger partial charge in [-0.1, -0.05) is 12.1 Å². The van der Waals surface area contributed by atoms with Gasteiger partial charge in [0.2, 0.25) is 0 Å². The molecule has 0 saturated heterocycles. The minimum atomic E-state index is 0.362. The van der Waals surface area contributed by atoms with Gasteiger partial charge in [-0.25, -0.2) is 4.98 Å². The van der Waals surface area contributed by atoms with E-state index in [4.69, 9.17) is 15.0 Å². The van der Waals surface area contributed by atoms with Crippen LogP contribution in [0, 0.1) is 0 Å². The van der Waals surface area contributed by atoms with Crippen LogP contribution >= 0.6 is 0 Å². The number of hydrogen-bond acceptors (Lipinski definition) is 6. The molecular weight excluding hydrogens is 234 g/mol. The highest BCUT2D eigenvalue weighted by atomic mass is 16.5. The fraction of sp³-hybridized carbons (Fsp3) is 0.545. The first kappa shape index (κ1) is 12.7. The summed E-state index contributed by atoms with van der Waals surface area (Å²) < 4.78 is 12.3. The first-order valence-electron chi connectivity index (χ1n) is 5.96. The summed E-state index contributed by atoms with van der Waals surface area (Å²) in [7, 11) is 0. The fourth-order valence-corrected chi connectivity index (χ4v) is 1.47. The molecule has 0 amide bonds. The molecule has 2 N–H and O–H groups in total. The molecule has 0 fully saturated rings. The first-order valence-corrected chi connectivity index (χ1v) is 5.96. The maximum atomic E-state index is 5.46. The molecular formula is C11H17N5O2. The molecule has 2 heterocycles. The normalized spacial score (nSPS) is 11.0. The van der Waals surface area contributed by atoms with Crippen LogP contribution in [0.5, 0.6) is 0 Å². The second-order valence-corrected chi connectivity index (χ2v) is 3.85. The van der Waals surface area contributed by atoms with Crippen molar-refractivity contribution in [3.05, 3.63) is 18.3 Å². The van der Waals surface area contributed by atoms with Crippen molar-refractivity contribution in [3.63, 3.8) is 0 Å². The molecule has 0 aliphatic heterocycles. The van der Waals surface area contributed by atoms with Crippen molar-refractivity contribution in [2.24, 2.45) is 5.73 Å². The van der Waals surface area contributed by atoms with E-state index in [9.17, 15) is 0 Å². The third-order valence-electron chi connectivity index (χ3n) is 2.29. The summed E-state index contributed by atoms with van der Waals surface area (Å²) in [5.41, 5.74) is 6.11. The van der Waals surface area contributed by atoms with Crippen LogP contribution in [0.1, 0.15) is 19.2 Å². The largest absolute Gasteiger partial charge is 0.373 e. The highest BCUT2D eigenvalue weighted by Crippen LogP contribution is 2.14. The average Bonchev–Trinajstić information content (AvgIpc) is 2.98. The SMILES string of the molecule is CCCOCc1noc(-c2cn(CCN)cn2)n1. The van der Waals surface area contributed by atoms with E-state index in [0.29, 0.717) is 43.7 Å². The van der Waals surface area contributed by atoms with E-state index in [1.54, 1.807) is 6.33 Å². The molecule has 98 valence electrons. The van der Waals surface area contributed by atoms with Crippen LogP contribution < -0.4 is 5.73 Å². The summed E-state index contributed by atoms with van der Waals surface area (Å²) in [6.45, 7) is 4.38. The Kier molecular flexibility index (Phi) is 4.43. The molecule has 18 heavy (non-hydrogen) atoms. The minimum absolute atomic E-state index is 0.362. The lowest BCUT2D eigenvalue weighted by Gasteiger charge is -1.95. The molecule has 0 aliphatic rings. The monoisotopic (exact) mass is 251 g/mol. The maximum absolute atomic E-state index is 5.46. The number of ether oxygens (including phenoxy) is 1. The number of imidazole rings is 1. The van der Waals surface area contributed by atoms with Gasteiger partial charge in [0.15, 0.2) is 5.82 Å². The van der Waals surface area contributed by atoms with E-state index in [0.717, 1.165) is 6.42 Å². The summed E-state index contributed by atoms with van der Waals surface area (Å²) in [4.78, 5) is 8.40. The Bertz CT molecular complexity index is 479. The van der Waals surface area contributed by atoms with E-state index in [1.807, 2.05) is 17.7 Å². The quantitative estimate of drug-likeness (QED) is 0.732. The second-order valence-electron chi connectivity index (χ2n) is 3.85. The van der Waals surface area contributed by atoms with Gasteiger partial charge in [0.1, 0.15) is 12.3 Å². The minimum Gasteiger partial charge on any atom is -0.373 e. The van der Waals surface area contributed by atoms with Gasteiger partial charge in [-0.15, -0.1) is 0 Å². The maximum Gasteiger partial charge on any atom is 0.278 e. The Hall–Kier alpha value is -1.73. The Morgan fingerprint density at radius 2 is 2.39 bits per heavy atom. The number of hydrogen-bond donors (Lipinski definition) is 1. The molecule has 0 bridgehead atoms. The lowest BCUT2D eigenvalue weighted by Crippen LogP contribution is -2.07. The Morgan fingerprint density at radius 3 is 3.17 bits per heavy atom. The van der Waals surface area contributed by atoms with Crippen LogP contribution in [0.3, 0.4) is 0 Å². The summed E-state index contributed by atoms with van der Waals surface area (Å²) in [5, 5.41) is 3.83. The summed E-state index contributed by atoms with van der Waals surface area (Å²) in [6, 6.07) is 0. The molecule has 2 aromatic heterocycles. The molecule has 0 atom stereocenters. The van der Waals surface area contributed by atoms with Crippen molar-refractivity contribution in [1.82, 2.24) is 19.7 Å². The van der Waals surface area contributed by atoms with E-state index in [1.165, 1.54) is 0 Å². The van der Waals surface area contributed by atoms with Crippen molar-refractivity contribution in [1.29, 1.82) is 0 Å². The smallest absolute Gasteiger partial charge is 0.278 e. The number of nitrogens with zero attached hydrogens (tertiary/aromatic N) is 4. The number of aromatic nitrogens is 4. The van der Waals surface area contributed by atoms with Gasteiger partial charge in [-0.3, -0.25) is 0 Å². The Morgan fingerprint density at radius 1 is 1.50 bits per heavy atom. The Labute approximate surface area is 105 Å². The zero-order chi connectivity index (χ0) is 12.8. The van der Waals surface area contributed by atoms with Gasteiger partial charge < -0.3 is 19.6 Å². The van der Waals surface area contributed by atoms with Gasteiger partial charge in [0.05, 0.1) is 6.33 Å². The zero-order valence-corrected chi connectivity index (χ0v) is 10.4. The van der Waals surface area contributed by atoms with Gasteiger partial charge in [0.25, 0.3) is 5.89 Å². The summed E-state index contributed by atoms with van der Waals surface area (Å²) in [5.74, 6) is 0.938. The van der Waals surface area contributed by atoms with E-state index in [2.05, 4.69) is 15.1 Å². The molecule has 7 nitrogen and oxygen atoms in total. The van der Waals surface area contributed by atoms with Gasteiger partial charge in [-0.05, 0) is 6.42 Å². The molecule has 2 aromatic rings.